The summed E-state index contributed by atoms with van der Waals surface area (Å²) in [5.74, 6) is -3.99. The SMILES string of the molecule is CCOC(=O)N(C(=O)c1ccccc1)C(=O)C(F)(F)F. The third-order valence-corrected chi connectivity index (χ3v) is 2.12. The molecule has 3 amide bonds. The lowest BCUT2D eigenvalue weighted by molar-refractivity contribution is -0.180. The van der Waals surface area contributed by atoms with E-state index in [4.69, 9.17) is 0 Å². The average molecular weight is 289 g/mol. The van der Waals surface area contributed by atoms with Crippen LogP contribution in [0.15, 0.2) is 30.3 Å². The number of nitrogens with zero attached hydrogens (tertiary/aromatic N) is 1. The monoisotopic (exact) mass is 289 g/mol. The van der Waals surface area contributed by atoms with Crippen LogP contribution in [0.2, 0.25) is 0 Å². The molecule has 0 radical (unpaired) electrons. The molecule has 0 spiro atoms. The van der Waals surface area contributed by atoms with Gasteiger partial charge in [0.1, 0.15) is 0 Å². The first-order valence-corrected chi connectivity index (χ1v) is 5.46. The Morgan fingerprint density at radius 2 is 1.70 bits per heavy atom. The molecule has 5 nitrogen and oxygen atoms in total. The summed E-state index contributed by atoms with van der Waals surface area (Å²) in [6.45, 7) is 1.06. The standard InChI is InChI=1S/C12H10F3NO4/c1-2-20-11(19)16(10(18)12(13,14)15)9(17)8-6-4-3-5-7-8/h3-7H,2H2,1H3. The van der Waals surface area contributed by atoms with Gasteiger partial charge in [-0.15, -0.1) is 0 Å². The van der Waals surface area contributed by atoms with Crippen molar-refractivity contribution in [2.45, 2.75) is 13.1 Å². The van der Waals surface area contributed by atoms with Crippen molar-refractivity contribution in [1.29, 1.82) is 0 Å². The second-order valence-corrected chi connectivity index (χ2v) is 3.51. The van der Waals surface area contributed by atoms with Crippen molar-refractivity contribution in [1.82, 2.24) is 4.90 Å². The van der Waals surface area contributed by atoms with E-state index in [9.17, 15) is 27.6 Å². The topological polar surface area (TPSA) is 63.7 Å². The van der Waals surface area contributed by atoms with E-state index in [1.807, 2.05) is 0 Å². The zero-order chi connectivity index (χ0) is 15.3. The Kier molecular flexibility index (Phi) is 4.84. The fourth-order valence-corrected chi connectivity index (χ4v) is 1.28. The first-order valence-electron chi connectivity index (χ1n) is 5.46. The second-order valence-electron chi connectivity index (χ2n) is 3.51. The van der Waals surface area contributed by atoms with Crippen LogP contribution in [0.5, 0.6) is 0 Å². The first-order chi connectivity index (χ1) is 9.29. The van der Waals surface area contributed by atoms with Crippen molar-refractivity contribution in [3.05, 3.63) is 35.9 Å². The van der Waals surface area contributed by atoms with Crippen LogP contribution in [0.1, 0.15) is 17.3 Å². The van der Waals surface area contributed by atoms with Crippen LogP contribution in [0.3, 0.4) is 0 Å². The van der Waals surface area contributed by atoms with Crippen molar-refractivity contribution in [3.8, 4) is 0 Å². The summed E-state index contributed by atoms with van der Waals surface area (Å²) in [6, 6.07) is 6.65. The van der Waals surface area contributed by atoms with Crippen LogP contribution < -0.4 is 0 Å². The van der Waals surface area contributed by atoms with E-state index in [1.165, 1.54) is 37.3 Å². The van der Waals surface area contributed by atoms with Gasteiger partial charge in [0.15, 0.2) is 0 Å². The molecule has 1 aromatic carbocycles. The molecular weight excluding hydrogens is 279 g/mol. The lowest BCUT2D eigenvalue weighted by Crippen LogP contribution is -2.48. The minimum Gasteiger partial charge on any atom is -0.449 e. The summed E-state index contributed by atoms with van der Waals surface area (Å²) in [4.78, 5) is 33.9. The smallest absolute Gasteiger partial charge is 0.449 e. The van der Waals surface area contributed by atoms with Gasteiger partial charge in [0.05, 0.1) is 6.61 Å². The molecule has 0 aliphatic rings. The number of hydrogen-bond donors (Lipinski definition) is 0. The number of amides is 3. The zero-order valence-electron chi connectivity index (χ0n) is 10.3. The number of alkyl halides is 3. The van der Waals surface area contributed by atoms with Crippen LogP contribution in [0, 0.1) is 0 Å². The molecule has 0 atom stereocenters. The molecule has 0 N–H and O–H groups in total. The Morgan fingerprint density at radius 1 is 1.15 bits per heavy atom. The van der Waals surface area contributed by atoms with E-state index in [0.717, 1.165) is 0 Å². The number of halogens is 3. The van der Waals surface area contributed by atoms with Gasteiger partial charge in [-0.2, -0.15) is 18.1 Å². The molecular formula is C12H10F3NO4. The molecule has 20 heavy (non-hydrogen) atoms. The fourth-order valence-electron chi connectivity index (χ4n) is 1.28. The van der Waals surface area contributed by atoms with E-state index in [0.29, 0.717) is 0 Å². The Labute approximate surface area is 111 Å². The predicted octanol–water partition coefficient (Wildman–Crippen LogP) is 2.37. The first kappa shape index (κ1) is 15.7. The highest BCUT2D eigenvalue weighted by Crippen LogP contribution is 2.20. The van der Waals surface area contributed by atoms with Gasteiger partial charge in [0, 0.05) is 5.56 Å². The maximum absolute atomic E-state index is 12.4. The second kappa shape index (κ2) is 6.18. The van der Waals surface area contributed by atoms with Crippen molar-refractivity contribution < 1.29 is 32.3 Å². The number of carbonyl (C=O) groups is 3. The van der Waals surface area contributed by atoms with Crippen LogP contribution in [0.25, 0.3) is 0 Å². The summed E-state index contributed by atoms with van der Waals surface area (Å²) >= 11 is 0. The van der Waals surface area contributed by atoms with Gasteiger partial charge in [-0.1, -0.05) is 18.2 Å². The van der Waals surface area contributed by atoms with E-state index >= 15 is 0 Å². The van der Waals surface area contributed by atoms with Crippen LogP contribution >= 0.6 is 0 Å². The van der Waals surface area contributed by atoms with Crippen molar-refractivity contribution >= 4 is 17.9 Å². The predicted molar refractivity (Wildman–Crippen MR) is 60.7 cm³/mol. The van der Waals surface area contributed by atoms with E-state index < -0.39 is 29.0 Å². The molecule has 0 aliphatic carbocycles. The van der Waals surface area contributed by atoms with E-state index in [2.05, 4.69) is 4.74 Å². The van der Waals surface area contributed by atoms with Gasteiger partial charge in [-0.05, 0) is 19.1 Å². The zero-order valence-corrected chi connectivity index (χ0v) is 10.3. The van der Waals surface area contributed by atoms with Gasteiger partial charge in [0.25, 0.3) is 5.91 Å². The number of carbonyl (C=O) groups excluding carboxylic acids is 3. The molecule has 1 rings (SSSR count). The largest absolute Gasteiger partial charge is 0.472 e. The van der Waals surface area contributed by atoms with Gasteiger partial charge in [-0.3, -0.25) is 9.59 Å². The quantitative estimate of drug-likeness (QED) is 0.838. The van der Waals surface area contributed by atoms with Crippen LogP contribution in [-0.4, -0.2) is 35.6 Å². The molecule has 108 valence electrons. The summed E-state index contributed by atoms with van der Waals surface area (Å²) < 4.78 is 41.6. The van der Waals surface area contributed by atoms with Crippen LogP contribution in [-0.2, 0) is 9.53 Å². The lowest BCUT2D eigenvalue weighted by atomic mass is 10.2. The molecule has 0 unspecified atom stereocenters. The molecule has 0 aliphatic heterocycles. The Hall–Kier alpha value is -2.38. The maximum atomic E-state index is 12.4. The minimum absolute atomic E-state index is 0.238. The third-order valence-electron chi connectivity index (χ3n) is 2.12. The summed E-state index contributed by atoms with van der Waals surface area (Å²) in [5.41, 5.74) is -0.238. The normalized spacial score (nSPS) is 10.8. The van der Waals surface area contributed by atoms with Crippen molar-refractivity contribution in [2.24, 2.45) is 0 Å². The molecule has 1 aromatic rings. The Morgan fingerprint density at radius 3 is 2.15 bits per heavy atom. The molecule has 0 heterocycles. The van der Waals surface area contributed by atoms with Gasteiger partial charge < -0.3 is 4.74 Å². The highest BCUT2D eigenvalue weighted by atomic mass is 19.4. The molecule has 0 aromatic heterocycles. The van der Waals surface area contributed by atoms with Crippen LogP contribution in [0.4, 0.5) is 18.0 Å². The van der Waals surface area contributed by atoms with E-state index in [-0.39, 0.29) is 12.2 Å². The van der Waals surface area contributed by atoms with Gasteiger partial charge in [-0.25, -0.2) is 4.79 Å². The minimum atomic E-state index is -5.36. The van der Waals surface area contributed by atoms with Crippen molar-refractivity contribution in [3.63, 3.8) is 0 Å². The number of ether oxygens (including phenoxy) is 1. The molecule has 0 saturated carbocycles. The Bertz CT molecular complexity index is 513. The third kappa shape index (κ3) is 3.56. The fraction of sp³-hybridized carbons (Fsp3) is 0.250. The molecule has 0 fully saturated rings. The van der Waals surface area contributed by atoms with E-state index in [1.54, 1.807) is 0 Å². The van der Waals surface area contributed by atoms with Crippen molar-refractivity contribution in [2.75, 3.05) is 6.61 Å². The van der Waals surface area contributed by atoms with Gasteiger partial charge in [0.2, 0.25) is 0 Å². The number of benzene rings is 1. The number of rotatable bonds is 2. The van der Waals surface area contributed by atoms with Gasteiger partial charge >= 0.3 is 18.2 Å². The average Bonchev–Trinajstić information content (AvgIpc) is 2.39. The highest BCUT2D eigenvalue weighted by Gasteiger charge is 2.48. The summed E-state index contributed by atoms with van der Waals surface area (Å²) in [6.07, 6.45) is -7.03. The maximum Gasteiger partial charge on any atom is 0.472 e. The number of imide groups is 3. The lowest BCUT2D eigenvalue weighted by Gasteiger charge is -2.19. The number of hydrogen-bond acceptors (Lipinski definition) is 4. The molecule has 8 heteroatoms. The summed E-state index contributed by atoms with van der Waals surface area (Å²) in [5, 5.41) is 0. The molecule has 0 saturated heterocycles. The molecule has 0 bridgehead atoms. The highest BCUT2D eigenvalue weighted by molar-refractivity contribution is 6.16. The summed E-state index contributed by atoms with van der Waals surface area (Å²) in [7, 11) is 0. The Balaban J connectivity index is 3.15.